The normalized spacial score (nSPS) is 16.0. The van der Waals surface area contributed by atoms with E-state index in [1.54, 1.807) is 6.08 Å². The van der Waals surface area contributed by atoms with E-state index in [1.807, 2.05) is 6.08 Å². The lowest BCUT2D eigenvalue weighted by molar-refractivity contribution is -0.0616. The Kier molecular flexibility index (Phi) is 16.1. The minimum absolute atomic E-state index is 0.151. The van der Waals surface area contributed by atoms with Crippen molar-refractivity contribution in [1.82, 2.24) is 0 Å². The maximum absolute atomic E-state index is 9.92. The average molecular weight is 390 g/mol. The van der Waals surface area contributed by atoms with E-state index in [0.717, 1.165) is 51.4 Å². The lowest BCUT2D eigenvalue weighted by atomic mass is 9.90. The topological polar surface area (TPSA) is 127 Å². The first-order valence-electron chi connectivity index (χ1n) is 10.6. The van der Waals surface area contributed by atoms with Gasteiger partial charge in [-0.1, -0.05) is 64.0 Å². The van der Waals surface area contributed by atoms with E-state index in [2.05, 4.69) is 6.92 Å². The molecule has 162 valence electrons. The van der Waals surface area contributed by atoms with Crippen molar-refractivity contribution in [3.8, 4) is 0 Å². The quantitative estimate of drug-likeness (QED) is 0.157. The van der Waals surface area contributed by atoms with Crippen LogP contribution in [0.3, 0.4) is 0 Å². The van der Waals surface area contributed by atoms with E-state index in [4.69, 9.17) is 15.9 Å². The van der Waals surface area contributed by atoms with Crippen LogP contribution in [0.4, 0.5) is 0 Å². The van der Waals surface area contributed by atoms with E-state index < -0.39 is 31.0 Å². The fourth-order valence-corrected chi connectivity index (χ4v) is 3.05. The molecule has 0 spiro atoms. The van der Waals surface area contributed by atoms with Gasteiger partial charge in [0.15, 0.2) is 0 Å². The minimum Gasteiger partial charge on any atom is -0.394 e. The Morgan fingerprint density at radius 2 is 1.37 bits per heavy atom. The molecule has 0 aliphatic carbocycles. The predicted molar refractivity (Wildman–Crippen MR) is 109 cm³/mol. The zero-order valence-electron chi connectivity index (χ0n) is 17.1. The largest absolute Gasteiger partial charge is 0.394 e. The van der Waals surface area contributed by atoms with Crippen molar-refractivity contribution in [1.29, 1.82) is 0 Å². The summed E-state index contributed by atoms with van der Waals surface area (Å²) in [7, 11) is 0. The molecule has 0 aromatic heterocycles. The van der Waals surface area contributed by atoms with Crippen molar-refractivity contribution in [3.63, 3.8) is 0 Å². The van der Waals surface area contributed by atoms with E-state index >= 15 is 0 Å². The molecule has 3 atom stereocenters. The molecule has 0 aliphatic heterocycles. The number of allylic oxidation sites excluding steroid dienone is 1. The molecule has 0 aromatic carbocycles. The molecule has 6 nitrogen and oxygen atoms in total. The van der Waals surface area contributed by atoms with Gasteiger partial charge in [0.25, 0.3) is 0 Å². The zero-order chi connectivity index (χ0) is 20.5. The molecule has 0 aromatic rings. The van der Waals surface area contributed by atoms with Crippen molar-refractivity contribution in [3.05, 3.63) is 12.2 Å². The molecule has 27 heavy (non-hydrogen) atoms. The van der Waals surface area contributed by atoms with Gasteiger partial charge in [0, 0.05) is 0 Å². The third-order valence-corrected chi connectivity index (χ3v) is 5.14. The second kappa shape index (κ2) is 16.5. The van der Waals surface area contributed by atoms with E-state index in [1.165, 1.54) is 19.3 Å². The van der Waals surface area contributed by atoms with Crippen LogP contribution in [-0.2, 0) is 0 Å². The van der Waals surface area contributed by atoms with Crippen molar-refractivity contribution in [2.45, 2.75) is 108 Å². The highest BCUT2D eigenvalue weighted by atomic mass is 16.3. The minimum atomic E-state index is -1.59. The van der Waals surface area contributed by atoms with Crippen molar-refractivity contribution >= 4 is 0 Å². The Labute approximate surface area is 165 Å². The van der Waals surface area contributed by atoms with Crippen LogP contribution in [0.15, 0.2) is 12.2 Å². The van der Waals surface area contributed by atoms with Gasteiger partial charge in [-0.15, -0.1) is 0 Å². The van der Waals surface area contributed by atoms with Crippen molar-refractivity contribution in [2.24, 2.45) is 5.73 Å². The summed E-state index contributed by atoms with van der Waals surface area (Å²) < 4.78 is 0. The van der Waals surface area contributed by atoms with Crippen LogP contribution in [0.25, 0.3) is 0 Å². The standard InChI is InChI=1S/C21H43NO5/c1-2-3-4-10-13-18(25)14-11-8-6-5-7-9-12-15-19(26)20(27)21(22,16-23)17-24/h9,12,18-20,23-27H,2-8,10-11,13-17,22H2,1H3/b12-9+. The summed E-state index contributed by atoms with van der Waals surface area (Å²) in [6.45, 7) is 0.994. The van der Waals surface area contributed by atoms with Gasteiger partial charge in [-0.3, -0.25) is 0 Å². The first-order chi connectivity index (χ1) is 12.9. The van der Waals surface area contributed by atoms with Gasteiger partial charge in [-0.25, -0.2) is 0 Å². The molecule has 0 aliphatic rings. The Morgan fingerprint density at radius 3 is 1.93 bits per heavy atom. The fraction of sp³-hybridized carbons (Fsp3) is 0.905. The van der Waals surface area contributed by atoms with Crippen molar-refractivity contribution in [2.75, 3.05) is 13.2 Å². The lowest BCUT2D eigenvalue weighted by Gasteiger charge is -2.33. The number of aliphatic hydroxyl groups is 5. The molecule has 0 rings (SSSR count). The second-order valence-electron chi connectivity index (χ2n) is 7.76. The molecular weight excluding hydrogens is 346 g/mol. The van der Waals surface area contributed by atoms with Gasteiger partial charge in [-0.2, -0.15) is 0 Å². The molecule has 7 N–H and O–H groups in total. The van der Waals surface area contributed by atoms with E-state index in [-0.39, 0.29) is 12.5 Å². The summed E-state index contributed by atoms with van der Waals surface area (Å²) in [5.41, 5.74) is 4.06. The SMILES string of the molecule is CCCCCCC(O)CCCCCC/C=C/CC(O)C(O)C(N)(CO)CO. The summed E-state index contributed by atoms with van der Waals surface area (Å²) in [4.78, 5) is 0. The highest BCUT2D eigenvalue weighted by Gasteiger charge is 2.36. The van der Waals surface area contributed by atoms with Crippen LogP contribution >= 0.6 is 0 Å². The van der Waals surface area contributed by atoms with Crippen LogP contribution < -0.4 is 5.73 Å². The maximum Gasteiger partial charge on any atom is 0.103 e. The van der Waals surface area contributed by atoms with Crippen LogP contribution in [0.2, 0.25) is 0 Å². The molecule has 0 heterocycles. The Morgan fingerprint density at radius 1 is 0.815 bits per heavy atom. The fourth-order valence-electron chi connectivity index (χ4n) is 3.05. The van der Waals surface area contributed by atoms with E-state index in [9.17, 15) is 15.3 Å². The van der Waals surface area contributed by atoms with Crippen LogP contribution in [0, 0.1) is 0 Å². The number of hydrogen-bond donors (Lipinski definition) is 6. The highest BCUT2D eigenvalue weighted by Crippen LogP contribution is 2.15. The molecular formula is C21H43NO5. The third-order valence-electron chi connectivity index (χ3n) is 5.14. The second-order valence-corrected chi connectivity index (χ2v) is 7.76. The first-order valence-corrected chi connectivity index (χ1v) is 10.6. The summed E-state index contributed by atoms with van der Waals surface area (Å²) in [5.74, 6) is 0. The molecule has 0 saturated carbocycles. The molecule has 3 unspecified atom stereocenters. The lowest BCUT2D eigenvalue weighted by Crippen LogP contribution is -2.60. The summed E-state index contributed by atoms with van der Waals surface area (Å²) in [6, 6.07) is 0. The molecule has 0 amide bonds. The van der Waals surface area contributed by atoms with Gasteiger partial charge in [0.1, 0.15) is 6.10 Å². The summed E-state index contributed by atoms with van der Waals surface area (Å²) in [6.07, 6.45) is 13.2. The van der Waals surface area contributed by atoms with Gasteiger partial charge in [-0.05, 0) is 32.1 Å². The van der Waals surface area contributed by atoms with Gasteiger partial charge >= 0.3 is 0 Å². The van der Waals surface area contributed by atoms with Crippen LogP contribution in [0.1, 0.15) is 84.0 Å². The number of aliphatic hydroxyl groups excluding tert-OH is 5. The summed E-state index contributed by atoms with van der Waals surface area (Å²) in [5, 5.41) is 48.0. The van der Waals surface area contributed by atoms with Crippen LogP contribution in [-0.4, -0.2) is 62.6 Å². The molecule has 0 fully saturated rings. The molecule has 0 saturated heterocycles. The third kappa shape index (κ3) is 12.5. The average Bonchev–Trinajstić information content (AvgIpc) is 2.68. The zero-order valence-corrected chi connectivity index (χ0v) is 17.1. The Balaban J connectivity index is 3.67. The number of nitrogens with two attached hydrogens (primary N) is 1. The monoisotopic (exact) mass is 389 g/mol. The first kappa shape index (κ1) is 26.5. The Bertz CT molecular complexity index is 360. The highest BCUT2D eigenvalue weighted by molar-refractivity contribution is 4.97. The smallest absolute Gasteiger partial charge is 0.103 e. The number of rotatable bonds is 18. The van der Waals surface area contributed by atoms with Crippen LogP contribution in [0.5, 0.6) is 0 Å². The maximum atomic E-state index is 9.92. The molecule has 6 heteroatoms. The molecule has 0 radical (unpaired) electrons. The number of hydrogen-bond acceptors (Lipinski definition) is 6. The van der Waals surface area contributed by atoms with Gasteiger partial charge in [0.2, 0.25) is 0 Å². The summed E-state index contributed by atoms with van der Waals surface area (Å²) >= 11 is 0. The van der Waals surface area contributed by atoms with Gasteiger partial charge < -0.3 is 31.3 Å². The van der Waals surface area contributed by atoms with Gasteiger partial charge in [0.05, 0.1) is 31.0 Å². The molecule has 0 bridgehead atoms. The number of unbranched alkanes of at least 4 members (excludes halogenated alkanes) is 7. The predicted octanol–water partition coefficient (Wildman–Crippen LogP) is 2.01. The van der Waals surface area contributed by atoms with Crippen molar-refractivity contribution < 1.29 is 25.5 Å². The Hall–Kier alpha value is -0.500. The van der Waals surface area contributed by atoms with E-state index in [0.29, 0.717) is 0 Å².